The van der Waals surface area contributed by atoms with Crippen molar-refractivity contribution in [2.24, 2.45) is 0 Å². The first-order chi connectivity index (χ1) is 8.72. The summed E-state index contributed by atoms with van der Waals surface area (Å²) >= 11 is 0. The molecule has 0 saturated carbocycles. The molecule has 0 spiro atoms. The average Bonchev–Trinajstić information content (AvgIpc) is 2.84. The number of benzene rings is 1. The number of nitrogens with zero attached hydrogens (tertiary/aromatic N) is 4. The minimum atomic E-state index is 0.147. The average molecular weight is 245 g/mol. The molecule has 1 N–H and O–H groups in total. The Labute approximate surface area is 107 Å². The normalized spacial score (nSPS) is 12.6. The van der Waals surface area contributed by atoms with Crippen molar-refractivity contribution in [3.8, 4) is 0 Å². The van der Waals surface area contributed by atoms with E-state index < -0.39 is 0 Å². The van der Waals surface area contributed by atoms with E-state index in [9.17, 15) is 0 Å². The smallest absolute Gasteiger partial charge is 0.165 e. The summed E-state index contributed by atoms with van der Waals surface area (Å²) in [5.41, 5.74) is 2.47. The van der Waals surface area contributed by atoms with E-state index in [2.05, 4.69) is 65.9 Å². The van der Waals surface area contributed by atoms with Gasteiger partial charge in [0, 0.05) is 0 Å². The van der Waals surface area contributed by atoms with Crippen LogP contribution in [0.15, 0.2) is 24.3 Å². The van der Waals surface area contributed by atoms with Crippen LogP contribution < -0.4 is 5.32 Å². The van der Waals surface area contributed by atoms with E-state index in [0.717, 1.165) is 12.4 Å². The molecule has 1 aromatic carbocycles. The van der Waals surface area contributed by atoms with Crippen molar-refractivity contribution in [3.63, 3.8) is 0 Å². The molecule has 96 valence electrons. The third-order valence-corrected chi connectivity index (χ3v) is 3.02. The Morgan fingerprint density at radius 2 is 2.00 bits per heavy atom. The van der Waals surface area contributed by atoms with Gasteiger partial charge in [-0.05, 0) is 36.4 Å². The molecule has 0 aliphatic heterocycles. The van der Waals surface area contributed by atoms with E-state index in [1.54, 1.807) is 0 Å². The maximum atomic E-state index is 4.08. The van der Waals surface area contributed by atoms with Crippen LogP contribution in [0.5, 0.6) is 0 Å². The molecule has 2 aromatic rings. The second-order valence-corrected chi connectivity index (χ2v) is 4.41. The number of aromatic nitrogens is 4. The lowest BCUT2D eigenvalue weighted by Crippen LogP contribution is -2.19. The van der Waals surface area contributed by atoms with E-state index in [-0.39, 0.29) is 6.04 Å². The van der Waals surface area contributed by atoms with Gasteiger partial charge in [0.1, 0.15) is 0 Å². The van der Waals surface area contributed by atoms with Gasteiger partial charge in [0.25, 0.3) is 0 Å². The van der Waals surface area contributed by atoms with Gasteiger partial charge < -0.3 is 5.32 Å². The molecule has 5 heteroatoms. The van der Waals surface area contributed by atoms with Crippen molar-refractivity contribution in [3.05, 3.63) is 41.2 Å². The summed E-state index contributed by atoms with van der Waals surface area (Å²) in [6.45, 7) is 7.86. The highest BCUT2D eigenvalue weighted by Gasteiger charge is 2.14. The monoisotopic (exact) mass is 245 g/mol. The Kier molecular flexibility index (Phi) is 4.04. The number of hydrogen-bond acceptors (Lipinski definition) is 4. The zero-order valence-corrected chi connectivity index (χ0v) is 11.1. The van der Waals surface area contributed by atoms with E-state index in [0.29, 0.717) is 6.54 Å². The second kappa shape index (κ2) is 5.73. The summed E-state index contributed by atoms with van der Waals surface area (Å²) in [4.78, 5) is 0. The molecular formula is C13H19N5. The van der Waals surface area contributed by atoms with Gasteiger partial charge in [-0.25, -0.2) is 4.68 Å². The summed E-state index contributed by atoms with van der Waals surface area (Å²) in [5.74, 6) is 0.866. The van der Waals surface area contributed by atoms with Crippen molar-refractivity contribution in [2.75, 3.05) is 6.54 Å². The van der Waals surface area contributed by atoms with Crippen LogP contribution in [-0.4, -0.2) is 26.8 Å². The number of hydrogen-bond donors (Lipinski definition) is 1. The quantitative estimate of drug-likeness (QED) is 0.871. The Morgan fingerprint density at radius 1 is 1.28 bits per heavy atom. The summed E-state index contributed by atoms with van der Waals surface area (Å²) in [5, 5.41) is 15.1. The van der Waals surface area contributed by atoms with Gasteiger partial charge in [0.15, 0.2) is 5.82 Å². The van der Waals surface area contributed by atoms with Crippen LogP contribution in [-0.2, 0) is 6.54 Å². The van der Waals surface area contributed by atoms with E-state index in [4.69, 9.17) is 0 Å². The summed E-state index contributed by atoms with van der Waals surface area (Å²) in [6.07, 6.45) is 0. The lowest BCUT2D eigenvalue weighted by Gasteiger charge is -2.14. The second-order valence-electron chi connectivity index (χ2n) is 4.41. The minimum Gasteiger partial charge on any atom is -0.310 e. The van der Waals surface area contributed by atoms with Crippen molar-refractivity contribution in [1.82, 2.24) is 25.5 Å². The SMILES string of the molecule is CCNCc1nnnn1C(C)c1ccc(C)cc1. The Morgan fingerprint density at radius 3 is 2.67 bits per heavy atom. The van der Waals surface area contributed by atoms with E-state index in [1.807, 2.05) is 4.68 Å². The van der Waals surface area contributed by atoms with Crippen molar-refractivity contribution >= 4 is 0 Å². The van der Waals surface area contributed by atoms with E-state index >= 15 is 0 Å². The van der Waals surface area contributed by atoms with Gasteiger partial charge in [-0.2, -0.15) is 0 Å². The maximum Gasteiger partial charge on any atom is 0.165 e. The molecule has 1 heterocycles. The van der Waals surface area contributed by atoms with Gasteiger partial charge in [0.05, 0.1) is 12.6 Å². The van der Waals surface area contributed by atoms with Crippen LogP contribution in [0.2, 0.25) is 0 Å². The molecule has 0 saturated heterocycles. The fourth-order valence-corrected chi connectivity index (χ4v) is 1.85. The molecule has 2 rings (SSSR count). The van der Waals surface area contributed by atoms with Gasteiger partial charge in [-0.3, -0.25) is 0 Å². The molecule has 18 heavy (non-hydrogen) atoms. The highest BCUT2D eigenvalue weighted by Crippen LogP contribution is 2.18. The topological polar surface area (TPSA) is 55.6 Å². The molecule has 5 nitrogen and oxygen atoms in total. The molecule has 0 radical (unpaired) electrons. The molecule has 0 aliphatic rings. The molecule has 1 unspecified atom stereocenters. The predicted molar refractivity (Wildman–Crippen MR) is 70.2 cm³/mol. The van der Waals surface area contributed by atoms with Gasteiger partial charge in [0.2, 0.25) is 0 Å². The predicted octanol–water partition coefficient (Wildman–Crippen LogP) is 1.70. The lowest BCUT2D eigenvalue weighted by molar-refractivity contribution is 0.508. The number of aryl methyl sites for hydroxylation is 1. The molecular weight excluding hydrogens is 226 g/mol. The van der Waals surface area contributed by atoms with Crippen LogP contribution in [0.3, 0.4) is 0 Å². The first kappa shape index (κ1) is 12.7. The zero-order chi connectivity index (χ0) is 13.0. The highest BCUT2D eigenvalue weighted by atomic mass is 15.6. The Hall–Kier alpha value is -1.75. The summed E-state index contributed by atoms with van der Waals surface area (Å²) < 4.78 is 1.87. The molecule has 1 aromatic heterocycles. The molecule has 0 bridgehead atoms. The number of rotatable bonds is 5. The van der Waals surface area contributed by atoms with E-state index in [1.165, 1.54) is 11.1 Å². The highest BCUT2D eigenvalue weighted by molar-refractivity contribution is 5.24. The third kappa shape index (κ3) is 2.73. The van der Waals surface area contributed by atoms with Gasteiger partial charge in [-0.1, -0.05) is 36.8 Å². The number of nitrogens with one attached hydrogen (secondary N) is 1. The fraction of sp³-hybridized carbons (Fsp3) is 0.462. The molecule has 0 aliphatic carbocycles. The standard InChI is InChI=1S/C13H19N5/c1-4-14-9-13-15-16-17-18(13)11(3)12-7-5-10(2)6-8-12/h5-8,11,14H,4,9H2,1-3H3. The zero-order valence-electron chi connectivity index (χ0n) is 11.1. The summed E-state index contributed by atoms with van der Waals surface area (Å²) in [7, 11) is 0. The van der Waals surface area contributed by atoms with Crippen LogP contribution in [0, 0.1) is 6.92 Å². The van der Waals surface area contributed by atoms with Crippen molar-refractivity contribution in [1.29, 1.82) is 0 Å². The van der Waals surface area contributed by atoms with Crippen molar-refractivity contribution < 1.29 is 0 Å². The Balaban J connectivity index is 2.20. The largest absolute Gasteiger partial charge is 0.310 e. The van der Waals surface area contributed by atoms with Crippen molar-refractivity contribution in [2.45, 2.75) is 33.4 Å². The third-order valence-electron chi connectivity index (χ3n) is 3.02. The van der Waals surface area contributed by atoms with Crippen LogP contribution >= 0.6 is 0 Å². The first-order valence-corrected chi connectivity index (χ1v) is 6.26. The number of tetrazole rings is 1. The molecule has 0 fully saturated rings. The maximum absolute atomic E-state index is 4.08. The van der Waals surface area contributed by atoms with Crippen LogP contribution in [0.1, 0.15) is 36.8 Å². The fourth-order valence-electron chi connectivity index (χ4n) is 1.85. The molecule has 1 atom stereocenters. The molecule has 0 amide bonds. The Bertz CT molecular complexity index is 488. The lowest BCUT2D eigenvalue weighted by atomic mass is 10.1. The van der Waals surface area contributed by atoms with Crippen LogP contribution in [0.25, 0.3) is 0 Å². The minimum absolute atomic E-state index is 0.147. The van der Waals surface area contributed by atoms with Gasteiger partial charge >= 0.3 is 0 Å². The summed E-state index contributed by atoms with van der Waals surface area (Å²) in [6, 6.07) is 8.62. The van der Waals surface area contributed by atoms with Gasteiger partial charge in [-0.15, -0.1) is 5.10 Å². The van der Waals surface area contributed by atoms with Crippen LogP contribution in [0.4, 0.5) is 0 Å². The first-order valence-electron chi connectivity index (χ1n) is 6.26.